The normalized spacial score (nSPS) is 18.1. The zero-order valence-corrected chi connectivity index (χ0v) is 19.3. The Labute approximate surface area is 202 Å². The van der Waals surface area contributed by atoms with Crippen molar-refractivity contribution in [3.8, 4) is 11.3 Å². The molecule has 2 fully saturated rings. The van der Waals surface area contributed by atoms with Gasteiger partial charge in [0.1, 0.15) is 17.3 Å². The second-order valence-electron chi connectivity index (χ2n) is 8.72. The molecule has 0 saturated carbocycles. The topological polar surface area (TPSA) is 68.0 Å². The van der Waals surface area contributed by atoms with Crippen LogP contribution in [-0.2, 0) is 16.0 Å². The summed E-state index contributed by atoms with van der Waals surface area (Å²) < 4.78 is 45.2. The third kappa shape index (κ3) is 5.21. The first-order valence-corrected chi connectivity index (χ1v) is 11.8. The van der Waals surface area contributed by atoms with Crippen molar-refractivity contribution in [2.45, 2.75) is 25.5 Å². The van der Waals surface area contributed by atoms with Crippen molar-refractivity contribution in [1.82, 2.24) is 10.1 Å². The lowest BCUT2D eigenvalue weighted by molar-refractivity contribution is 0.0503. The number of anilines is 1. The van der Waals surface area contributed by atoms with E-state index in [2.05, 4.69) is 5.16 Å². The van der Waals surface area contributed by atoms with Crippen LogP contribution in [0.3, 0.4) is 0 Å². The highest BCUT2D eigenvalue weighted by Gasteiger charge is 2.30. The van der Waals surface area contributed by atoms with E-state index in [4.69, 9.17) is 14.0 Å². The van der Waals surface area contributed by atoms with Crippen LogP contribution >= 0.6 is 0 Å². The Morgan fingerprint density at radius 1 is 1.06 bits per heavy atom. The number of nitrogens with zero attached hydrogens (tertiary/aromatic N) is 3. The first kappa shape index (κ1) is 23.4. The zero-order chi connectivity index (χ0) is 24.2. The number of hydrogen-bond donors (Lipinski definition) is 0. The smallest absolute Gasteiger partial charge is 0.257 e. The molecule has 1 amide bonds. The number of halogens is 2. The van der Waals surface area contributed by atoms with Crippen molar-refractivity contribution >= 4 is 11.8 Å². The number of rotatable bonds is 7. The summed E-state index contributed by atoms with van der Waals surface area (Å²) in [6.45, 7) is 3.38. The number of amides is 1. The molecule has 0 radical (unpaired) electrons. The first-order chi connectivity index (χ1) is 17.1. The van der Waals surface area contributed by atoms with Crippen molar-refractivity contribution < 1.29 is 27.6 Å². The van der Waals surface area contributed by atoms with E-state index in [0.717, 1.165) is 12.8 Å². The molecule has 3 heterocycles. The monoisotopic (exact) mass is 483 g/mol. The van der Waals surface area contributed by atoms with E-state index in [1.54, 1.807) is 29.2 Å². The highest BCUT2D eigenvalue weighted by molar-refractivity contribution is 5.94. The maximum atomic E-state index is 14.6. The summed E-state index contributed by atoms with van der Waals surface area (Å²) in [5.74, 6) is -0.835. The minimum absolute atomic E-state index is 0.00166. The molecule has 0 bridgehead atoms. The quantitative estimate of drug-likeness (QED) is 0.500. The van der Waals surface area contributed by atoms with Gasteiger partial charge in [0.05, 0.1) is 37.0 Å². The fourth-order valence-electron chi connectivity index (χ4n) is 4.54. The number of ether oxygens (including phenoxy) is 2. The summed E-state index contributed by atoms with van der Waals surface area (Å²) >= 11 is 0. The van der Waals surface area contributed by atoms with Crippen molar-refractivity contribution in [2.75, 3.05) is 44.4 Å². The average molecular weight is 484 g/mol. The van der Waals surface area contributed by atoms with Crippen LogP contribution in [0.1, 0.15) is 28.8 Å². The van der Waals surface area contributed by atoms with Crippen LogP contribution in [0.5, 0.6) is 0 Å². The molecule has 2 aromatic carbocycles. The third-order valence-corrected chi connectivity index (χ3v) is 6.37. The number of carbonyl (C=O) groups is 1. The molecule has 2 saturated heterocycles. The standard InChI is InChI=1S/C26H27F2N3O4/c27-19-9-7-18(8-10-19)24-22(26(35-29-24)30-11-14-33-15-12-30)17-31(16-20-4-3-13-34-20)25(32)21-5-1-2-6-23(21)28/h1-2,5-10,20H,3-4,11-17H2/t20-/m0/s1. The predicted octanol–water partition coefficient (Wildman–Crippen LogP) is 4.28. The van der Waals surface area contributed by atoms with Crippen LogP contribution in [0.25, 0.3) is 11.3 Å². The fraction of sp³-hybridized carbons (Fsp3) is 0.385. The molecule has 0 spiro atoms. The molecule has 3 aromatic rings. The summed E-state index contributed by atoms with van der Waals surface area (Å²) in [6, 6.07) is 11.9. The third-order valence-electron chi connectivity index (χ3n) is 6.37. The van der Waals surface area contributed by atoms with Crippen LogP contribution in [0.4, 0.5) is 14.7 Å². The van der Waals surface area contributed by atoms with Gasteiger partial charge >= 0.3 is 0 Å². The van der Waals surface area contributed by atoms with Crippen molar-refractivity contribution in [3.05, 3.63) is 71.3 Å². The number of aromatic nitrogens is 1. The van der Waals surface area contributed by atoms with E-state index in [9.17, 15) is 13.6 Å². The van der Waals surface area contributed by atoms with Gasteiger partial charge in [-0.15, -0.1) is 0 Å². The summed E-state index contributed by atoms with van der Waals surface area (Å²) in [5, 5.41) is 4.30. The zero-order valence-electron chi connectivity index (χ0n) is 19.3. The van der Waals surface area contributed by atoms with Crippen LogP contribution < -0.4 is 4.90 Å². The first-order valence-electron chi connectivity index (χ1n) is 11.8. The van der Waals surface area contributed by atoms with E-state index in [0.29, 0.717) is 62.2 Å². The minimum atomic E-state index is -0.577. The molecule has 2 aliphatic heterocycles. The molecular weight excluding hydrogens is 456 g/mol. The summed E-state index contributed by atoms with van der Waals surface area (Å²) in [5.41, 5.74) is 1.87. The second-order valence-corrected chi connectivity index (χ2v) is 8.72. The van der Waals surface area contributed by atoms with Gasteiger partial charge in [-0.3, -0.25) is 4.79 Å². The SMILES string of the molecule is O=C(c1ccccc1F)N(Cc1c(-c2ccc(F)cc2)noc1N1CCOCC1)C[C@@H]1CCCO1. The Balaban J connectivity index is 1.53. The van der Waals surface area contributed by atoms with E-state index in [1.165, 1.54) is 24.3 Å². The van der Waals surface area contributed by atoms with Crippen molar-refractivity contribution in [1.29, 1.82) is 0 Å². The number of carbonyl (C=O) groups excluding carboxylic acids is 1. The Morgan fingerprint density at radius 2 is 1.83 bits per heavy atom. The molecule has 5 rings (SSSR count). The van der Waals surface area contributed by atoms with E-state index in [1.807, 2.05) is 4.90 Å². The highest BCUT2D eigenvalue weighted by atomic mass is 19.1. The van der Waals surface area contributed by atoms with Gasteiger partial charge in [-0.25, -0.2) is 8.78 Å². The molecule has 184 valence electrons. The fourth-order valence-corrected chi connectivity index (χ4v) is 4.54. The van der Waals surface area contributed by atoms with Crippen LogP contribution in [0.15, 0.2) is 53.1 Å². The van der Waals surface area contributed by atoms with E-state index >= 15 is 0 Å². The molecule has 1 aromatic heterocycles. The Hall–Kier alpha value is -3.30. The largest absolute Gasteiger partial charge is 0.378 e. The van der Waals surface area contributed by atoms with Gasteiger partial charge in [-0.1, -0.05) is 17.3 Å². The molecule has 9 heteroatoms. The lowest BCUT2D eigenvalue weighted by Crippen LogP contribution is -2.39. The minimum Gasteiger partial charge on any atom is -0.378 e. The van der Waals surface area contributed by atoms with Gasteiger partial charge in [0, 0.05) is 31.8 Å². The molecule has 0 aliphatic carbocycles. The van der Waals surface area contributed by atoms with Crippen LogP contribution in [0, 0.1) is 11.6 Å². The Morgan fingerprint density at radius 3 is 2.54 bits per heavy atom. The second kappa shape index (κ2) is 10.5. The van der Waals surface area contributed by atoms with Crippen molar-refractivity contribution in [2.24, 2.45) is 0 Å². The Bertz CT molecular complexity index is 1160. The molecule has 7 nitrogen and oxygen atoms in total. The molecule has 35 heavy (non-hydrogen) atoms. The molecular formula is C26H27F2N3O4. The maximum Gasteiger partial charge on any atom is 0.257 e. The number of benzene rings is 2. The predicted molar refractivity (Wildman–Crippen MR) is 125 cm³/mol. The lowest BCUT2D eigenvalue weighted by Gasteiger charge is -2.29. The Kier molecular flexibility index (Phi) is 7.06. The highest BCUT2D eigenvalue weighted by Crippen LogP contribution is 2.34. The van der Waals surface area contributed by atoms with Crippen molar-refractivity contribution in [3.63, 3.8) is 0 Å². The van der Waals surface area contributed by atoms with Gasteiger partial charge in [0.15, 0.2) is 0 Å². The van der Waals surface area contributed by atoms with E-state index in [-0.39, 0.29) is 24.0 Å². The van der Waals surface area contributed by atoms with Gasteiger partial charge in [-0.2, -0.15) is 0 Å². The average Bonchev–Trinajstić information content (AvgIpc) is 3.55. The summed E-state index contributed by atoms with van der Waals surface area (Å²) in [6.07, 6.45) is 1.61. The molecule has 1 atom stereocenters. The maximum absolute atomic E-state index is 14.6. The summed E-state index contributed by atoms with van der Waals surface area (Å²) in [4.78, 5) is 17.2. The molecule has 2 aliphatic rings. The number of hydrogen-bond acceptors (Lipinski definition) is 6. The van der Waals surface area contributed by atoms with Crippen LogP contribution in [0.2, 0.25) is 0 Å². The van der Waals surface area contributed by atoms with Gasteiger partial charge in [0.25, 0.3) is 5.91 Å². The lowest BCUT2D eigenvalue weighted by atomic mass is 10.1. The van der Waals surface area contributed by atoms with E-state index < -0.39 is 11.7 Å². The molecule has 0 N–H and O–H groups in total. The van der Waals surface area contributed by atoms with Gasteiger partial charge < -0.3 is 23.8 Å². The van der Waals surface area contributed by atoms with Gasteiger partial charge in [-0.05, 0) is 49.2 Å². The number of morpholine rings is 1. The molecule has 0 unspecified atom stereocenters. The van der Waals surface area contributed by atoms with Crippen LogP contribution in [-0.4, -0.2) is 61.5 Å². The summed E-state index contributed by atoms with van der Waals surface area (Å²) in [7, 11) is 0. The van der Waals surface area contributed by atoms with Gasteiger partial charge in [0.2, 0.25) is 5.88 Å².